The molecular weight excluding hydrogens is 1100 g/mol. The number of hydrogen-bond donors (Lipinski definition) is 0. The van der Waals surface area contributed by atoms with Crippen LogP contribution < -0.4 is 0 Å². The van der Waals surface area contributed by atoms with Gasteiger partial charge in [0, 0.05) is 54.9 Å². The van der Waals surface area contributed by atoms with Crippen LogP contribution in [0.25, 0.3) is 123 Å². The average Bonchev–Trinajstić information content (AvgIpc) is 1.57. The second-order valence-corrected chi connectivity index (χ2v) is 21.0. The highest BCUT2D eigenvalue weighted by Crippen LogP contribution is 2.47. The lowest BCUT2D eigenvalue weighted by Gasteiger charge is -2.21. The largest absolute Gasteiger partial charge is 0.416 e. The third-order valence-electron chi connectivity index (χ3n) is 14.8. The molecule has 0 fully saturated rings. The van der Waals surface area contributed by atoms with Gasteiger partial charge in [-0.15, -0.1) is 0 Å². The molecule has 0 saturated heterocycles. The van der Waals surface area contributed by atoms with Crippen molar-refractivity contribution in [3.63, 3.8) is 0 Å². The lowest BCUT2D eigenvalue weighted by molar-refractivity contribution is -0.143. The van der Waals surface area contributed by atoms with E-state index in [2.05, 4.69) is 65.9 Å². The molecule has 0 saturated carbocycles. The van der Waals surface area contributed by atoms with E-state index in [1.165, 1.54) is 6.07 Å². The molecule has 7 aromatic carbocycles. The minimum Gasteiger partial charge on any atom is -0.309 e. The molecule has 0 amide bonds. The van der Waals surface area contributed by atoms with Gasteiger partial charge in [0.25, 0.3) is 0 Å². The first-order chi connectivity index (χ1) is 41.0. The Bertz CT molecular complexity index is 4730. The molecule has 15 nitrogen and oxygen atoms in total. The van der Waals surface area contributed by atoms with E-state index in [-0.39, 0.29) is 28.3 Å². The first kappa shape index (κ1) is 54.5. The minimum atomic E-state index is -5.14. The summed E-state index contributed by atoms with van der Waals surface area (Å²) in [5, 5.41) is 14.3. The Morgan fingerprint density at radius 1 is 0.337 bits per heavy atom. The summed E-state index contributed by atoms with van der Waals surface area (Å²) in [6.07, 6.45) is -10.3. The van der Waals surface area contributed by atoms with Gasteiger partial charge in [0.2, 0.25) is 0 Å². The van der Waals surface area contributed by atoms with E-state index < -0.39 is 23.5 Å². The Labute approximate surface area is 485 Å². The maximum absolute atomic E-state index is 14.7. The molecule has 0 unspecified atom stereocenters. The Morgan fingerprint density at radius 2 is 0.663 bits per heavy atom. The average molecular weight is 1150 g/mol. The van der Waals surface area contributed by atoms with Crippen LogP contribution in [0.2, 0.25) is 0 Å². The van der Waals surface area contributed by atoms with Crippen LogP contribution >= 0.6 is 0 Å². The van der Waals surface area contributed by atoms with Gasteiger partial charge < -0.3 is 9.13 Å². The highest BCUT2D eigenvalue weighted by Gasteiger charge is 2.37. The van der Waals surface area contributed by atoms with Crippen molar-refractivity contribution in [2.24, 2.45) is 0 Å². The number of alkyl halides is 6. The number of benzene rings is 7. The molecule has 0 radical (unpaired) electrons. The smallest absolute Gasteiger partial charge is 0.309 e. The SMILES string of the molecule is Cc1nc(C)nc(-c2ccc3c(c2)c2cc(-c4nc(C)nc(C)n4)ccc2n3-c2ccc(-c3cc(C(F)(F)F)cc(C(F)(F)F)c3)cc2-c2c(C#N)cccc2-n2c3ccc(-c4nc(C)nc(C)n4)cc3c3cc(-c4nc(C)nc(C)n4)ccc32)n1. The normalized spacial score (nSPS) is 12.1. The zero-order valence-electron chi connectivity index (χ0n) is 47.1. The number of rotatable bonds is 8. The van der Waals surface area contributed by atoms with Crippen LogP contribution in [0.5, 0.6) is 0 Å². The molecule has 0 N–H and O–H groups in total. The van der Waals surface area contributed by atoms with Gasteiger partial charge in [0.15, 0.2) is 23.3 Å². The van der Waals surface area contributed by atoms with E-state index in [1.807, 2.05) is 88.0 Å². The summed E-state index contributed by atoms with van der Waals surface area (Å²) in [5.41, 5.74) is 3.59. The van der Waals surface area contributed by atoms with E-state index >= 15 is 0 Å². The Balaban J connectivity index is 1.14. The third kappa shape index (κ3) is 9.73. The summed E-state index contributed by atoms with van der Waals surface area (Å²) in [6, 6.07) is 36.9. The second kappa shape index (κ2) is 20.3. The topological polar surface area (TPSA) is 188 Å². The van der Waals surface area contributed by atoms with Crippen LogP contribution in [0, 0.1) is 66.7 Å². The molecule has 0 aliphatic carbocycles. The van der Waals surface area contributed by atoms with Crippen molar-refractivity contribution >= 4 is 43.6 Å². The number of halogens is 6. The summed E-state index contributed by atoms with van der Waals surface area (Å²) in [4.78, 5) is 55.0. The number of fused-ring (bicyclic) bond motifs is 6. The molecule has 0 bridgehead atoms. The zero-order chi connectivity index (χ0) is 60.2. The summed E-state index contributed by atoms with van der Waals surface area (Å²) >= 11 is 0. The Hall–Kier alpha value is -10.8. The summed E-state index contributed by atoms with van der Waals surface area (Å²) in [7, 11) is 0. The number of hydrogen-bond acceptors (Lipinski definition) is 13. The van der Waals surface area contributed by atoms with Gasteiger partial charge >= 0.3 is 12.4 Å². The van der Waals surface area contributed by atoms with Crippen molar-refractivity contribution in [1.82, 2.24) is 68.9 Å². The highest BCUT2D eigenvalue weighted by molar-refractivity contribution is 6.14. The van der Waals surface area contributed by atoms with Crippen molar-refractivity contribution in [2.75, 3.05) is 0 Å². The molecule has 86 heavy (non-hydrogen) atoms. The van der Waals surface area contributed by atoms with Crippen LogP contribution in [0.1, 0.15) is 63.3 Å². The van der Waals surface area contributed by atoms with Gasteiger partial charge in [-0.1, -0.05) is 12.1 Å². The van der Waals surface area contributed by atoms with E-state index in [1.54, 1.807) is 79.7 Å². The molecule has 6 heterocycles. The Kier molecular flexibility index (Phi) is 12.8. The maximum Gasteiger partial charge on any atom is 0.416 e. The first-order valence-electron chi connectivity index (χ1n) is 27.0. The summed E-state index contributed by atoms with van der Waals surface area (Å²) in [5.74, 6) is 5.91. The van der Waals surface area contributed by atoms with Gasteiger partial charge in [0.05, 0.1) is 56.2 Å². The Morgan fingerprint density at radius 3 is 0.988 bits per heavy atom. The van der Waals surface area contributed by atoms with Crippen LogP contribution in [-0.4, -0.2) is 68.9 Å². The number of nitriles is 1. The quantitative estimate of drug-likeness (QED) is 0.131. The fourth-order valence-electron chi connectivity index (χ4n) is 11.4. The predicted molar refractivity (Wildman–Crippen MR) is 314 cm³/mol. The third-order valence-corrected chi connectivity index (χ3v) is 14.8. The molecule has 422 valence electrons. The summed E-state index contributed by atoms with van der Waals surface area (Å²) in [6.45, 7) is 14.3. The summed E-state index contributed by atoms with van der Waals surface area (Å²) < 4.78 is 92.3. The van der Waals surface area contributed by atoms with Gasteiger partial charge in [-0.05, 0) is 182 Å². The molecule has 6 aromatic heterocycles. The van der Waals surface area contributed by atoms with E-state index in [0.717, 1.165) is 21.5 Å². The molecule has 0 spiro atoms. The van der Waals surface area contributed by atoms with Crippen molar-refractivity contribution in [1.29, 1.82) is 5.26 Å². The van der Waals surface area contributed by atoms with Crippen molar-refractivity contribution < 1.29 is 26.3 Å². The fraction of sp³-hybridized carbons (Fsp3) is 0.154. The fourth-order valence-corrected chi connectivity index (χ4v) is 11.4. The van der Waals surface area contributed by atoms with Crippen LogP contribution in [0.3, 0.4) is 0 Å². The number of aromatic nitrogens is 14. The van der Waals surface area contributed by atoms with Gasteiger partial charge in [-0.3, -0.25) is 0 Å². The second-order valence-electron chi connectivity index (χ2n) is 21.0. The standard InChI is InChI=1S/C65H45F6N15/c1-31-73-32(2)78-60(77-31)40-13-18-53-48(25-40)49-26-41(61-79-33(3)74-34(4)80-61)14-19-54(49)85(53)57-17-12-39(45-22-46(64(66,67)68)29-47(23-45)65(69,70)71)24-52(57)59-44(30-72)10-9-11-58(59)86-55-20-15-42(62-81-35(5)75-36(6)82-62)27-50(55)51-28-43(16-21-56(51)86)63-83-37(7)76-38(8)84-63/h9-29H,1-8H3. The van der Waals surface area contributed by atoms with Crippen molar-refractivity contribution in [3.8, 4) is 85.2 Å². The van der Waals surface area contributed by atoms with Crippen LogP contribution in [-0.2, 0) is 12.4 Å². The van der Waals surface area contributed by atoms with Gasteiger partial charge in [-0.25, -0.2) is 59.8 Å². The molecular formula is C65H45F6N15. The molecule has 13 rings (SSSR count). The molecule has 13 aromatic rings. The minimum absolute atomic E-state index is 0.00733. The molecule has 21 heteroatoms. The molecule has 0 aliphatic rings. The molecule has 0 aliphatic heterocycles. The number of nitrogens with zero attached hydrogens (tertiary/aromatic N) is 15. The van der Waals surface area contributed by atoms with Crippen LogP contribution in [0.15, 0.2) is 127 Å². The van der Waals surface area contributed by atoms with E-state index in [0.29, 0.717) is 143 Å². The lowest BCUT2D eigenvalue weighted by Crippen LogP contribution is -2.11. The van der Waals surface area contributed by atoms with Crippen molar-refractivity contribution in [3.05, 3.63) is 191 Å². The van der Waals surface area contributed by atoms with Gasteiger partial charge in [0.1, 0.15) is 46.6 Å². The van der Waals surface area contributed by atoms with E-state index in [9.17, 15) is 31.6 Å². The van der Waals surface area contributed by atoms with Gasteiger partial charge in [-0.2, -0.15) is 31.6 Å². The van der Waals surface area contributed by atoms with E-state index in [4.69, 9.17) is 0 Å². The monoisotopic (exact) mass is 1150 g/mol. The molecule has 0 atom stereocenters. The van der Waals surface area contributed by atoms with Crippen molar-refractivity contribution in [2.45, 2.75) is 67.7 Å². The van der Waals surface area contributed by atoms with Crippen LogP contribution in [0.4, 0.5) is 26.3 Å². The lowest BCUT2D eigenvalue weighted by atomic mass is 9.91. The predicted octanol–water partition coefficient (Wildman–Crippen LogP) is 15.0. The number of aryl methyl sites for hydroxylation is 8. The first-order valence-corrected chi connectivity index (χ1v) is 27.0. The highest BCUT2D eigenvalue weighted by atomic mass is 19.4. The zero-order valence-corrected chi connectivity index (χ0v) is 47.1. The maximum atomic E-state index is 14.7.